The normalized spacial score (nSPS) is 10.7. The highest BCUT2D eigenvalue weighted by atomic mass is 35.5. The highest BCUT2D eigenvalue weighted by molar-refractivity contribution is 6.32. The van der Waals surface area contributed by atoms with Crippen molar-refractivity contribution in [1.82, 2.24) is 14.8 Å². The fourth-order valence-electron chi connectivity index (χ4n) is 3.12. The minimum absolute atomic E-state index is 0.0387. The number of aromatic nitrogens is 3. The molecule has 1 N–H and O–H groups in total. The molecule has 0 amide bonds. The molecule has 0 saturated carbocycles. The summed E-state index contributed by atoms with van der Waals surface area (Å²) in [6.07, 6.45) is 0. The van der Waals surface area contributed by atoms with Gasteiger partial charge in [-0.1, -0.05) is 35.3 Å². The second-order valence-corrected chi connectivity index (χ2v) is 7.95. The Labute approximate surface area is 204 Å². The minimum Gasteiger partial charge on any atom is -0.497 e. The van der Waals surface area contributed by atoms with Crippen LogP contribution in [0.3, 0.4) is 0 Å². The smallest absolute Gasteiger partial charge is 0.288 e. The van der Waals surface area contributed by atoms with Crippen LogP contribution >= 0.6 is 23.2 Å². The number of halogens is 2. The molecule has 0 bridgehead atoms. The van der Waals surface area contributed by atoms with Crippen molar-refractivity contribution in [2.24, 2.45) is 0 Å². The van der Waals surface area contributed by atoms with Crippen LogP contribution in [0.2, 0.25) is 10.0 Å². The van der Waals surface area contributed by atoms with Crippen molar-refractivity contribution < 1.29 is 14.5 Å². The summed E-state index contributed by atoms with van der Waals surface area (Å²) in [4.78, 5) is 28.4. The molecule has 0 aliphatic heterocycles. The van der Waals surface area contributed by atoms with E-state index in [0.29, 0.717) is 22.9 Å². The van der Waals surface area contributed by atoms with Gasteiger partial charge < -0.3 is 10.1 Å². The Bertz CT molecular complexity index is 1360. The maximum Gasteiger partial charge on any atom is 0.288 e. The van der Waals surface area contributed by atoms with Gasteiger partial charge in [-0.2, -0.15) is 9.67 Å². The Morgan fingerprint density at radius 3 is 2.44 bits per heavy atom. The molecule has 0 aliphatic rings. The molecule has 4 aromatic rings. The second kappa shape index (κ2) is 9.90. The van der Waals surface area contributed by atoms with E-state index in [0.717, 1.165) is 16.3 Å². The molecular weight excluding hydrogens is 481 g/mol. The molecule has 0 saturated heterocycles. The maximum atomic E-state index is 13.3. The van der Waals surface area contributed by atoms with E-state index in [1.165, 1.54) is 12.1 Å². The number of hydrogen-bond acceptors (Lipinski definition) is 7. The Balaban J connectivity index is 1.71. The number of nitrogens with zero attached hydrogens (tertiary/aromatic N) is 4. The highest BCUT2D eigenvalue weighted by Crippen LogP contribution is 2.27. The van der Waals surface area contributed by atoms with E-state index in [4.69, 9.17) is 27.9 Å². The molecule has 9 nitrogen and oxygen atoms in total. The van der Waals surface area contributed by atoms with E-state index in [-0.39, 0.29) is 28.0 Å². The monoisotopic (exact) mass is 497 g/mol. The van der Waals surface area contributed by atoms with Gasteiger partial charge >= 0.3 is 0 Å². The third kappa shape index (κ3) is 5.00. The Hall–Kier alpha value is -3.95. The number of rotatable bonds is 7. The number of nitro groups is 1. The third-order valence-corrected chi connectivity index (χ3v) is 5.47. The van der Waals surface area contributed by atoms with Crippen molar-refractivity contribution in [3.63, 3.8) is 0 Å². The van der Waals surface area contributed by atoms with Crippen LogP contribution in [0.1, 0.15) is 15.9 Å². The van der Waals surface area contributed by atoms with Crippen LogP contribution in [-0.4, -0.2) is 32.7 Å². The molecule has 1 heterocycles. The minimum atomic E-state index is -0.650. The zero-order valence-corrected chi connectivity index (χ0v) is 19.2. The standard InChI is InChI=1S/C23H17Cl2N5O4/c1-34-18-9-4-15(5-10-18)21-27-23(26-13-14-2-7-17(24)8-3-14)29(28-21)22(31)16-6-11-19(25)20(12-16)30(32)33/h2-12H,13H2,1H3,(H,26,27,28). The molecule has 0 unspecified atom stereocenters. The lowest BCUT2D eigenvalue weighted by Crippen LogP contribution is -2.17. The van der Waals surface area contributed by atoms with Gasteiger partial charge in [-0.15, -0.1) is 5.10 Å². The lowest BCUT2D eigenvalue weighted by Gasteiger charge is -2.08. The molecule has 34 heavy (non-hydrogen) atoms. The average molecular weight is 498 g/mol. The molecule has 11 heteroatoms. The van der Waals surface area contributed by atoms with Crippen molar-refractivity contribution in [2.75, 3.05) is 12.4 Å². The number of ether oxygens (including phenoxy) is 1. The molecular formula is C23H17Cl2N5O4. The number of nitrogens with one attached hydrogen (secondary N) is 1. The third-order valence-electron chi connectivity index (χ3n) is 4.90. The van der Waals surface area contributed by atoms with Crippen molar-refractivity contribution in [1.29, 1.82) is 0 Å². The number of anilines is 1. The molecule has 1 aromatic heterocycles. The molecule has 0 spiro atoms. The average Bonchev–Trinajstić information content (AvgIpc) is 3.27. The van der Waals surface area contributed by atoms with Gasteiger partial charge in [0.25, 0.3) is 11.6 Å². The van der Waals surface area contributed by atoms with Crippen LogP contribution < -0.4 is 10.1 Å². The van der Waals surface area contributed by atoms with E-state index in [1.807, 2.05) is 12.1 Å². The van der Waals surface area contributed by atoms with Crippen molar-refractivity contribution in [3.8, 4) is 17.1 Å². The van der Waals surface area contributed by atoms with Crippen LogP contribution in [0.5, 0.6) is 5.75 Å². The summed E-state index contributed by atoms with van der Waals surface area (Å²) in [5.41, 5.74) is 1.22. The molecule has 0 atom stereocenters. The second-order valence-electron chi connectivity index (χ2n) is 7.11. The van der Waals surface area contributed by atoms with Crippen LogP contribution in [0.4, 0.5) is 11.6 Å². The fraction of sp³-hybridized carbons (Fsp3) is 0.0870. The SMILES string of the molecule is COc1ccc(-c2nc(NCc3ccc(Cl)cc3)n(C(=O)c3ccc(Cl)c([N+](=O)[O-])c3)n2)cc1. The molecule has 0 radical (unpaired) electrons. The van der Waals surface area contributed by atoms with Gasteiger partial charge in [0.2, 0.25) is 5.95 Å². The first kappa shape index (κ1) is 23.2. The Kier molecular flexibility index (Phi) is 6.76. The summed E-state index contributed by atoms with van der Waals surface area (Å²) >= 11 is 11.8. The lowest BCUT2D eigenvalue weighted by atomic mass is 10.2. The number of methoxy groups -OCH3 is 1. The van der Waals surface area contributed by atoms with Crippen molar-refractivity contribution >= 4 is 40.7 Å². The van der Waals surface area contributed by atoms with E-state index in [2.05, 4.69) is 15.4 Å². The number of nitro benzene ring substituents is 1. The molecule has 3 aromatic carbocycles. The molecule has 0 aliphatic carbocycles. The van der Waals surface area contributed by atoms with Gasteiger partial charge in [0.05, 0.1) is 12.0 Å². The van der Waals surface area contributed by atoms with Gasteiger partial charge in [-0.3, -0.25) is 14.9 Å². The van der Waals surface area contributed by atoms with Crippen LogP contribution in [0, 0.1) is 10.1 Å². The van der Waals surface area contributed by atoms with E-state index in [9.17, 15) is 14.9 Å². The summed E-state index contributed by atoms with van der Waals surface area (Å²) in [5, 5.41) is 19.3. The summed E-state index contributed by atoms with van der Waals surface area (Å²) in [6.45, 7) is 0.339. The quantitative estimate of drug-likeness (QED) is 0.266. The van der Waals surface area contributed by atoms with Crippen LogP contribution in [0.15, 0.2) is 66.7 Å². The van der Waals surface area contributed by atoms with Gasteiger partial charge in [-0.25, -0.2) is 0 Å². The zero-order chi connectivity index (χ0) is 24.2. The molecule has 4 rings (SSSR count). The van der Waals surface area contributed by atoms with Crippen molar-refractivity contribution in [3.05, 3.63) is 98.0 Å². The summed E-state index contributed by atoms with van der Waals surface area (Å²) in [6, 6.07) is 18.0. The molecule has 0 fully saturated rings. The topological polar surface area (TPSA) is 112 Å². The predicted octanol–water partition coefficient (Wildman–Crippen LogP) is 5.47. The fourth-order valence-corrected chi connectivity index (χ4v) is 3.43. The first-order valence-electron chi connectivity index (χ1n) is 9.94. The maximum absolute atomic E-state index is 13.3. The van der Waals surface area contributed by atoms with Gasteiger partial charge in [0.1, 0.15) is 10.8 Å². The largest absolute Gasteiger partial charge is 0.497 e. The van der Waals surface area contributed by atoms with E-state index in [1.54, 1.807) is 43.5 Å². The predicted molar refractivity (Wildman–Crippen MR) is 129 cm³/mol. The van der Waals surface area contributed by atoms with Crippen LogP contribution in [0.25, 0.3) is 11.4 Å². The Morgan fingerprint density at radius 2 is 1.79 bits per heavy atom. The first-order valence-corrected chi connectivity index (χ1v) is 10.7. The zero-order valence-electron chi connectivity index (χ0n) is 17.7. The molecule has 172 valence electrons. The van der Waals surface area contributed by atoms with Crippen molar-refractivity contribution in [2.45, 2.75) is 6.54 Å². The van der Waals surface area contributed by atoms with Gasteiger partial charge in [0, 0.05) is 28.8 Å². The van der Waals surface area contributed by atoms with Crippen LogP contribution in [-0.2, 0) is 6.54 Å². The Morgan fingerprint density at radius 1 is 1.09 bits per heavy atom. The van der Waals surface area contributed by atoms with E-state index < -0.39 is 10.8 Å². The number of hydrogen-bond donors (Lipinski definition) is 1. The number of carbonyl (C=O) groups excluding carboxylic acids is 1. The van der Waals surface area contributed by atoms with Gasteiger partial charge in [-0.05, 0) is 54.1 Å². The van der Waals surface area contributed by atoms with E-state index >= 15 is 0 Å². The highest BCUT2D eigenvalue weighted by Gasteiger charge is 2.22. The lowest BCUT2D eigenvalue weighted by molar-refractivity contribution is -0.384. The summed E-state index contributed by atoms with van der Waals surface area (Å²) in [7, 11) is 1.56. The summed E-state index contributed by atoms with van der Waals surface area (Å²) in [5.74, 6) is 0.515. The first-order chi connectivity index (χ1) is 16.4. The number of benzene rings is 3. The summed E-state index contributed by atoms with van der Waals surface area (Å²) < 4.78 is 6.25. The number of carbonyl (C=O) groups is 1. The van der Waals surface area contributed by atoms with Gasteiger partial charge in [0.15, 0.2) is 5.82 Å².